The Labute approximate surface area is 414 Å². The van der Waals surface area contributed by atoms with E-state index in [0.29, 0.717) is 6.42 Å². The number of unbranched alkanes of at least 4 members (excludes halogenated alkanes) is 38. The van der Waals surface area contributed by atoms with E-state index in [1.807, 2.05) is 0 Å². The average Bonchev–Trinajstić information content (AvgIpc) is 3.32. The highest BCUT2D eigenvalue weighted by Crippen LogP contribution is 2.43. The quantitative estimate of drug-likeness (QED) is 0.0264. The van der Waals surface area contributed by atoms with Gasteiger partial charge in [0, 0.05) is 19.4 Å². The van der Waals surface area contributed by atoms with Crippen LogP contribution in [0.5, 0.6) is 0 Å². The van der Waals surface area contributed by atoms with Crippen molar-refractivity contribution in [3.63, 3.8) is 0 Å². The lowest BCUT2D eigenvalue weighted by Gasteiger charge is -2.19. The van der Waals surface area contributed by atoms with E-state index < -0.39 is 26.5 Å². The molecule has 0 radical (unpaired) electrons. The molecule has 0 aromatic heterocycles. The lowest BCUT2D eigenvalue weighted by atomic mass is 10.0. The van der Waals surface area contributed by atoms with Crippen LogP contribution in [-0.4, -0.2) is 49.3 Å². The molecular formula is C57H110NO8P. The van der Waals surface area contributed by atoms with E-state index in [1.54, 1.807) is 0 Å². The number of nitrogens with two attached hydrogens (primary N) is 1. The third-order valence-electron chi connectivity index (χ3n) is 12.8. The normalized spacial score (nSPS) is 13.2. The number of hydrogen-bond donors (Lipinski definition) is 2. The van der Waals surface area contributed by atoms with Crippen molar-refractivity contribution < 1.29 is 37.6 Å². The predicted octanol–water partition coefficient (Wildman–Crippen LogP) is 17.9. The number of carbonyl (C=O) groups excluding carboxylic acids is 2. The molecule has 0 fully saturated rings. The van der Waals surface area contributed by atoms with E-state index in [2.05, 4.69) is 38.2 Å². The number of allylic oxidation sites excluding steroid dienone is 4. The van der Waals surface area contributed by atoms with Gasteiger partial charge in [0.2, 0.25) is 0 Å². The molecule has 0 spiro atoms. The highest BCUT2D eigenvalue weighted by atomic mass is 31.2. The van der Waals surface area contributed by atoms with Crippen LogP contribution in [0.4, 0.5) is 0 Å². The van der Waals surface area contributed by atoms with Gasteiger partial charge in [0.15, 0.2) is 6.10 Å². The Bertz CT molecular complexity index is 1150. The van der Waals surface area contributed by atoms with Crippen molar-refractivity contribution in [2.75, 3.05) is 26.4 Å². The van der Waals surface area contributed by atoms with E-state index in [9.17, 15) is 19.0 Å². The first-order valence-corrected chi connectivity index (χ1v) is 30.3. The molecule has 0 aliphatic heterocycles. The largest absolute Gasteiger partial charge is 0.472 e. The van der Waals surface area contributed by atoms with E-state index in [-0.39, 0.29) is 38.6 Å². The Kier molecular flexibility index (Phi) is 52.6. The van der Waals surface area contributed by atoms with Crippen LogP contribution in [0.25, 0.3) is 0 Å². The molecule has 67 heavy (non-hydrogen) atoms. The molecule has 0 saturated carbocycles. The monoisotopic (exact) mass is 968 g/mol. The second-order valence-electron chi connectivity index (χ2n) is 19.5. The molecule has 2 atom stereocenters. The van der Waals surface area contributed by atoms with Crippen molar-refractivity contribution in [3.05, 3.63) is 24.3 Å². The first-order valence-electron chi connectivity index (χ1n) is 28.8. The zero-order valence-corrected chi connectivity index (χ0v) is 45.1. The lowest BCUT2D eigenvalue weighted by molar-refractivity contribution is -0.161. The Balaban J connectivity index is 3.93. The fourth-order valence-corrected chi connectivity index (χ4v) is 9.32. The number of ether oxygens (including phenoxy) is 2. The van der Waals surface area contributed by atoms with Gasteiger partial charge in [-0.15, -0.1) is 0 Å². The van der Waals surface area contributed by atoms with Crippen molar-refractivity contribution >= 4 is 19.8 Å². The molecule has 0 amide bonds. The minimum atomic E-state index is -4.38. The van der Waals surface area contributed by atoms with E-state index >= 15 is 0 Å². The summed E-state index contributed by atoms with van der Waals surface area (Å²) in [5.74, 6) is -0.810. The van der Waals surface area contributed by atoms with Crippen LogP contribution >= 0.6 is 7.82 Å². The third kappa shape index (κ3) is 53.7. The molecule has 3 N–H and O–H groups in total. The molecule has 0 aliphatic carbocycles. The van der Waals surface area contributed by atoms with E-state index in [1.165, 1.54) is 225 Å². The molecule has 0 saturated heterocycles. The van der Waals surface area contributed by atoms with Crippen LogP contribution in [0.3, 0.4) is 0 Å². The Morgan fingerprint density at radius 2 is 0.776 bits per heavy atom. The fourth-order valence-electron chi connectivity index (χ4n) is 8.55. The smallest absolute Gasteiger partial charge is 0.462 e. The topological polar surface area (TPSA) is 134 Å². The molecule has 10 heteroatoms. The summed E-state index contributed by atoms with van der Waals surface area (Å²) < 4.78 is 33.0. The predicted molar refractivity (Wildman–Crippen MR) is 284 cm³/mol. The maximum atomic E-state index is 12.7. The van der Waals surface area contributed by atoms with Gasteiger partial charge in [0.1, 0.15) is 6.61 Å². The second kappa shape index (κ2) is 53.8. The lowest BCUT2D eigenvalue weighted by Crippen LogP contribution is -2.29. The molecule has 9 nitrogen and oxygen atoms in total. The van der Waals surface area contributed by atoms with Crippen molar-refractivity contribution in [2.45, 2.75) is 302 Å². The first kappa shape index (κ1) is 65.5. The molecule has 0 rings (SSSR count). The molecule has 0 aromatic rings. The standard InChI is InChI=1S/C57H110NO8P/c1-3-5-7-9-11-13-15-17-19-21-23-24-25-26-27-28-29-30-32-34-36-38-40-42-44-46-48-50-57(60)66-55(54-65-67(61,62)64-52-51-58)53-63-56(59)49-47-45-43-41-39-37-35-33-31-22-20-18-16-14-12-10-8-6-4-2/h15,17,21,23,55H,3-14,16,18-20,22,24-54,58H2,1-2H3,(H,61,62)/b17-15-,23-21-. The van der Waals surface area contributed by atoms with Crippen LogP contribution in [-0.2, 0) is 32.7 Å². The van der Waals surface area contributed by atoms with Gasteiger partial charge in [-0.1, -0.05) is 263 Å². The number of phosphoric ester groups is 1. The highest BCUT2D eigenvalue weighted by molar-refractivity contribution is 7.47. The van der Waals surface area contributed by atoms with Gasteiger partial charge in [-0.25, -0.2) is 4.57 Å². The minimum absolute atomic E-state index is 0.0562. The number of rotatable bonds is 55. The second-order valence-corrected chi connectivity index (χ2v) is 21.0. The first-order chi connectivity index (χ1) is 32.8. The van der Waals surface area contributed by atoms with Gasteiger partial charge in [0.25, 0.3) is 0 Å². The third-order valence-corrected chi connectivity index (χ3v) is 13.8. The summed E-state index contributed by atoms with van der Waals surface area (Å²) >= 11 is 0. The zero-order chi connectivity index (χ0) is 48.8. The Morgan fingerprint density at radius 3 is 1.13 bits per heavy atom. The number of phosphoric acid groups is 1. The zero-order valence-electron chi connectivity index (χ0n) is 44.2. The summed E-state index contributed by atoms with van der Waals surface area (Å²) in [6.07, 6.45) is 62.3. The van der Waals surface area contributed by atoms with Crippen molar-refractivity contribution in [3.8, 4) is 0 Å². The molecule has 0 heterocycles. The van der Waals surface area contributed by atoms with Crippen LogP contribution < -0.4 is 5.73 Å². The van der Waals surface area contributed by atoms with Crippen LogP contribution in [0.1, 0.15) is 296 Å². The van der Waals surface area contributed by atoms with Gasteiger partial charge in [0.05, 0.1) is 13.2 Å². The van der Waals surface area contributed by atoms with Crippen molar-refractivity contribution in [1.29, 1.82) is 0 Å². The number of carbonyl (C=O) groups is 2. The van der Waals surface area contributed by atoms with Crippen molar-refractivity contribution in [1.82, 2.24) is 0 Å². The summed E-state index contributed by atoms with van der Waals surface area (Å²) in [5, 5.41) is 0. The summed E-state index contributed by atoms with van der Waals surface area (Å²) in [5.41, 5.74) is 5.38. The van der Waals surface area contributed by atoms with Crippen molar-refractivity contribution in [2.24, 2.45) is 5.73 Å². The molecule has 0 aromatic carbocycles. The van der Waals surface area contributed by atoms with Crippen LogP contribution in [0.2, 0.25) is 0 Å². The molecule has 396 valence electrons. The summed E-state index contributed by atoms with van der Waals surface area (Å²) in [6, 6.07) is 0. The van der Waals surface area contributed by atoms with Gasteiger partial charge in [-0.2, -0.15) is 0 Å². The average molecular weight is 968 g/mol. The van der Waals surface area contributed by atoms with Gasteiger partial charge < -0.3 is 20.1 Å². The number of hydrogen-bond acceptors (Lipinski definition) is 8. The van der Waals surface area contributed by atoms with E-state index in [0.717, 1.165) is 38.5 Å². The van der Waals surface area contributed by atoms with E-state index in [4.69, 9.17) is 24.3 Å². The van der Waals surface area contributed by atoms with Crippen LogP contribution in [0, 0.1) is 0 Å². The molecule has 2 unspecified atom stereocenters. The maximum absolute atomic E-state index is 12.7. The maximum Gasteiger partial charge on any atom is 0.472 e. The SMILES string of the molecule is CCCCCCC/C=C\C/C=C\CCCCCCCCCCCCCCCCCC(=O)OC(COC(=O)CCCCCCCCCCCCCCCCCCCCC)COP(=O)(O)OCCN. The fraction of sp³-hybridized carbons (Fsp3) is 0.895. The Hall–Kier alpha value is -1.51. The summed E-state index contributed by atoms with van der Waals surface area (Å²) in [7, 11) is -4.38. The molecule has 0 bridgehead atoms. The molecule has 0 aliphatic rings. The highest BCUT2D eigenvalue weighted by Gasteiger charge is 2.26. The molecular weight excluding hydrogens is 858 g/mol. The minimum Gasteiger partial charge on any atom is -0.462 e. The summed E-state index contributed by atoms with van der Waals surface area (Å²) in [6.45, 7) is 3.79. The number of esters is 2. The summed E-state index contributed by atoms with van der Waals surface area (Å²) in [4.78, 5) is 35.2. The van der Waals surface area contributed by atoms with Gasteiger partial charge in [-0.3, -0.25) is 18.6 Å². The van der Waals surface area contributed by atoms with Crippen LogP contribution in [0.15, 0.2) is 24.3 Å². The van der Waals surface area contributed by atoms with Gasteiger partial charge >= 0.3 is 19.8 Å². The Morgan fingerprint density at radius 1 is 0.448 bits per heavy atom. The van der Waals surface area contributed by atoms with Gasteiger partial charge in [-0.05, 0) is 44.9 Å².